The van der Waals surface area contributed by atoms with E-state index in [0.717, 1.165) is 25.6 Å². The average molecular weight is 169 g/mol. The van der Waals surface area contributed by atoms with Crippen LogP contribution in [0.1, 0.15) is 20.8 Å². The van der Waals surface area contributed by atoms with Gasteiger partial charge in [0.15, 0.2) is 5.96 Å². The molecule has 0 aromatic rings. The van der Waals surface area contributed by atoms with Gasteiger partial charge in [0.1, 0.15) is 0 Å². The topological polar surface area (TPSA) is 27.6 Å². The first-order valence-electron chi connectivity index (χ1n) is 4.48. The molecular weight excluding hydrogens is 150 g/mol. The van der Waals surface area contributed by atoms with Gasteiger partial charge in [0.25, 0.3) is 0 Å². The quantitative estimate of drug-likeness (QED) is 0.632. The molecule has 1 aliphatic heterocycles. The van der Waals surface area contributed by atoms with Gasteiger partial charge in [-0.15, -0.1) is 0 Å². The Morgan fingerprint density at radius 1 is 1.50 bits per heavy atom. The van der Waals surface area contributed by atoms with Crippen molar-refractivity contribution in [3.63, 3.8) is 0 Å². The van der Waals surface area contributed by atoms with Gasteiger partial charge in [-0.1, -0.05) is 20.8 Å². The first-order valence-corrected chi connectivity index (χ1v) is 4.48. The normalized spacial score (nSPS) is 17.2. The van der Waals surface area contributed by atoms with E-state index >= 15 is 0 Å². The fraction of sp³-hybridized carbons (Fsp3) is 0.889. The van der Waals surface area contributed by atoms with Crippen molar-refractivity contribution in [1.82, 2.24) is 10.2 Å². The fourth-order valence-electron chi connectivity index (χ4n) is 1.43. The molecule has 1 rings (SSSR count). The van der Waals surface area contributed by atoms with Crippen LogP contribution in [0.4, 0.5) is 0 Å². The van der Waals surface area contributed by atoms with E-state index in [0.29, 0.717) is 5.41 Å². The highest BCUT2D eigenvalue weighted by Crippen LogP contribution is 2.14. The van der Waals surface area contributed by atoms with Gasteiger partial charge in [0.2, 0.25) is 0 Å². The van der Waals surface area contributed by atoms with Gasteiger partial charge in [-0.3, -0.25) is 4.99 Å². The van der Waals surface area contributed by atoms with E-state index in [1.165, 1.54) is 0 Å². The van der Waals surface area contributed by atoms with Crippen molar-refractivity contribution in [1.29, 1.82) is 0 Å². The number of nitrogens with zero attached hydrogens (tertiary/aromatic N) is 2. The Morgan fingerprint density at radius 3 is 2.58 bits per heavy atom. The van der Waals surface area contributed by atoms with Crippen LogP contribution < -0.4 is 5.32 Å². The Kier molecular flexibility index (Phi) is 2.60. The minimum absolute atomic E-state index is 0.335. The molecule has 0 saturated carbocycles. The van der Waals surface area contributed by atoms with E-state index in [2.05, 4.69) is 43.0 Å². The van der Waals surface area contributed by atoms with Gasteiger partial charge in [-0.05, 0) is 5.41 Å². The van der Waals surface area contributed by atoms with Crippen molar-refractivity contribution in [3.05, 3.63) is 0 Å². The molecule has 0 amide bonds. The molecule has 0 aromatic heterocycles. The summed E-state index contributed by atoms with van der Waals surface area (Å²) in [5, 5.41) is 3.25. The molecular formula is C9H19N3. The molecule has 1 N–H and O–H groups in total. The van der Waals surface area contributed by atoms with E-state index in [1.54, 1.807) is 0 Å². The van der Waals surface area contributed by atoms with Crippen LogP contribution in [-0.4, -0.2) is 37.5 Å². The van der Waals surface area contributed by atoms with Crippen LogP contribution in [0, 0.1) is 5.41 Å². The zero-order chi connectivity index (χ0) is 9.19. The Labute approximate surface area is 74.9 Å². The van der Waals surface area contributed by atoms with Crippen molar-refractivity contribution in [3.8, 4) is 0 Å². The molecule has 3 nitrogen and oxygen atoms in total. The fourth-order valence-corrected chi connectivity index (χ4v) is 1.43. The number of hydrogen-bond acceptors (Lipinski definition) is 3. The second-order valence-electron chi connectivity index (χ2n) is 4.55. The molecule has 70 valence electrons. The van der Waals surface area contributed by atoms with Gasteiger partial charge in [-0.25, -0.2) is 0 Å². The summed E-state index contributed by atoms with van der Waals surface area (Å²) < 4.78 is 0. The maximum absolute atomic E-state index is 4.35. The first kappa shape index (κ1) is 9.36. The number of guanidine groups is 1. The van der Waals surface area contributed by atoms with E-state index in [-0.39, 0.29) is 0 Å². The van der Waals surface area contributed by atoms with Crippen LogP contribution in [-0.2, 0) is 0 Å². The van der Waals surface area contributed by atoms with E-state index in [4.69, 9.17) is 0 Å². The highest BCUT2D eigenvalue weighted by atomic mass is 15.3. The smallest absolute Gasteiger partial charge is 0.193 e. The van der Waals surface area contributed by atoms with Gasteiger partial charge >= 0.3 is 0 Å². The van der Waals surface area contributed by atoms with Crippen LogP contribution in [0.15, 0.2) is 4.99 Å². The SMILES string of the molecule is CN(CC(C)(C)C)C1=NCCN1. The lowest BCUT2D eigenvalue weighted by Crippen LogP contribution is -2.40. The first-order chi connectivity index (χ1) is 5.49. The van der Waals surface area contributed by atoms with Gasteiger partial charge in [0.05, 0.1) is 6.54 Å². The predicted octanol–water partition coefficient (Wildman–Crippen LogP) is 0.923. The highest BCUT2D eigenvalue weighted by Gasteiger charge is 2.17. The summed E-state index contributed by atoms with van der Waals surface area (Å²) >= 11 is 0. The van der Waals surface area contributed by atoms with Crippen LogP contribution in [0.2, 0.25) is 0 Å². The standard InChI is InChI=1S/C9H19N3/c1-9(2,3)7-12(4)8-10-5-6-11-8/h5-7H2,1-4H3,(H,10,11). The molecule has 1 aliphatic rings. The van der Waals surface area contributed by atoms with E-state index in [9.17, 15) is 0 Å². The maximum Gasteiger partial charge on any atom is 0.193 e. The summed E-state index contributed by atoms with van der Waals surface area (Å²) in [6.07, 6.45) is 0. The third-order valence-corrected chi connectivity index (χ3v) is 1.73. The molecule has 12 heavy (non-hydrogen) atoms. The molecule has 0 saturated heterocycles. The molecule has 0 atom stereocenters. The summed E-state index contributed by atoms with van der Waals surface area (Å²) in [5.41, 5.74) is 0.335. The van der Waals surface area contributed by atoms with Gasteiger partial charge in [0, 0.05) is 20.1 Å². The van der Waals surface area contributed by atoms with E-state index in [1.807, 2.05) is 0 Å². The minimum atomic E-state index is 0.335. The minimum Gasteiger partial charge on any atom is -0.354 e. The van der Waals surface area contributed by atoms with Gasteiger partial charge < -0.3 is 10.2 Å². The number of aliphatic imine (C=N–C) groups is 1. The van der Waals surface area contributed by atoms with Crippen molar-refractivity contribution in [2.45, 2.75) is 20.8 Å². The van der Waals surface area contributed by atoms with Crippen LogP contribution in [0.5, 0.6) is 0 Å². The average Bonchev–Trinajstić information content (AvgIpc) is 2.32. The van der Waals surface area contributed by atoms with Gasteiger partial charge in [-0.2, -0.15) is 0 Å². The Hall–Kier alpha value is -0.730. The summed E-state index contributed by atoms with van der Waals surface area (Å²) in [4.78, 5) is 6.54. The number of hydrogen-bond donors (Lipinski definition) is 1. The number of rotatable bonds is 1. The molecule has 0 radical (unpaired) electrons. The Morgan fingerprint density at radius 2 is 2.17 bits per heavy atom. The lowest BCUT2D eigenvalue weighted by molar-refractivity contribution is 0.302. The summed E-state index contributed by atoms with van der Waals surface area (Å²) in [6.45, 7) is 9.66. The molecule has 0 unspecified atom stereocenters. The zero-order valence-electron chi connectivity index (χ0n) is 8.52. The monoisotopic (exact) mass is 169 g/mol. The largest absolute Gasteiger partial charge is 0.354 e. The van der Waals surface area contributed by atoms with Crippen molar-refractivity contribution in [2.24, 2.45) is 10.4 Å². The molecule has 3 heteroatoms. The Balaban J connectivity index is 2.42. The third kappa shape index (κ3) is 2.72. The van der Waals surface area contributed by atoms with Crippen LogP contribution in [0.3, 0.4) is 0 Å². The number of nitrogens with one attached hydrogen (secondary N) is 1. The predicted molar refractivity (Wildman–Crippen MR) is 52.4 cm³/mol. The van der Waals surface area contributed by atoms with Crippen LogP contribution in [0.25, 0.3) is 0 Å². The lowest BCUT2D eigenvalue weighted by Gasteiger charge is -2.27. The van der Waals surface area contributed by atoms with Crippen molar-refractivity contribution < 1.29 is 0 Å². The molecule has 1 heterocycles. The molecule has 0 aromatic carbocycles. The molecule has 0 bridgehead atoms. The Bertz CT molecular complexity index is 179. The van der Waals surface area contributed by atoms with Crippen molar-refractivity contribution in [2.75, 3.05) is 26.7 Å². The zero-order valence-corrected chi connectivity index (χ0v) is 8.52. The molecule has 0 spiro atoms. The van der Waals surface area contributed by atoms with Crippen molar-refractivity contribution >= 4 is 5.96 Å². The molecule has 0 aliphatic carbocycles. The lowest BCUT2D eigenvalue weighted by atomic mass is 9.96. The van der Waals surface area contributed by atoms with E-state index < -0.39 is 0 Å². The van der Waals surface area contributed by atoms with Crippen LogP contribution >= 0.6 is 0 Å². The summed E-state index contributed by atoms with van der Waals surface area (Å²) in [6, 6.07) is 0. The second kappa shape index (κ2) is 3.33. The maximum atomic E-state index is 4.35. The highest BCUT2D eigenvalue weighted by molar-refractivity contribution is 5.81. The third-order valence-electron chi connectivity index (χ3n) is 1.73. The summed E-state index contributed by atoms with van der Waals surface area (Å²) in [7, 11) is 2.09. The summed E-state index contributed by atoms with van der Waals surface area (Å²) in [5.74, 6) is 1.05. The molecule has 0 fully saturated rings. The second-order valence-corrected chi connectivity index (χ2v) is 4.55.